The van der Waals surface area contributed by atoms with E-state index in [1.807, 2.05) is 41.1 Å². The van der Waals surface area contributed by atoms with E-state index in [-0.39, 0.29) is 12.5 Å². The zero-order chi connectivity index (χ0) is 17.0. The lowest BCUT2D eigenvalue weighted by molar-refractivity contribution is -0.117. The molecule has 0 aliphatic rings. The van der Waals surface area contributed by atoms with E-state index in [0.717, 1.165) is 16.6 Å². The fourth-order valence-corrected chi connectivity index (χ4v) is 2.99. The van der Waals surface area contributed by atoms with E-state index in [2.05, 4.69) is 15.3 Å². The van der Waals surface area contributed by atoms with Crippen LogP contribution in [0.25, 0.3) is 17.1 Å². The Kier molecular flexibility index (Phi) is 4.69. The highest BCUT2D eigenvalue weighted by Crippen LogP contribution is 2.21. The highest BCUT2D eigenvalue weighted by atomic mass is 32.1. The van der Waals surface area contributed by atoms with Crippen molar-refractivity contribution in [2.45, 2.75) is 12.5 Å². The Morgan fingerprint density at radius 1 is 1.33 bits per heavy atom. The van der Waals surface area contributed by atoms with Gasteiger partial charge in [0.15, 0.2) is 0 Å². The number of hydrogen-bond donors (Lipinski definition) is 2. The summed E-state index contributed by atoms with van der Waals surface area (Å²) in [4.78, 5) is 20.7. The number of carbonyl (C=O) groups excluding carboxylic acids is 1. The minimum Gasteiger partial charge on any atom is -0.384 e. The Balaban J connectivity index is 1.62. The summed E-state index contributed by atoms with van der Waals surface area (Å²) in [7, 11) is 0. The van der Waals surface area contributed by atoms with Crippen LogP contribution >= 0.6 is 11.3 Å². The summed E-state index contributed by atoms with van der Waals surface area (Å²) in [6.07, 6.45) is 4.62. The molecule has 0 spiro atoms. The molecule has 122 valence electrons. The van der Waals surface area contributed by atoms with Gasteiger partial charge in [0.25, 0.3) is 0 Å². The van der Waals surface area contributed by atoms with Crippen LogP contribution in [0.3, 0.4) is 0 Å². The molecule has 0 fully saturated rings. The molecule has 1 aromatic carbocycles. The third kappa shape index (κ3) is 3.84. The van der Waals surface area contributed by atoms with Crippen LogP contribution in [0.1, 0.15) is 18.2 Å². The Bertz CT molecular complexity index is 873. The van der Waals surface area contributed by atoms with Crippen molar-refractivity contribution in [3.05, 3.63) is 64.6 Å². The lowest BCUT2D eigenvalue weighted by Gasteiger charge is -2.22. The quantitative estimate of drug-likeness (QED) is 0.701. The highest BCUT2D eigenvalue weighted by molar-refractivity contribution is 7.08. The number of benzene rings is 1. The van der Waals surface area contributed by atoms with Crippen molar-refractivity contribution in [2.24, 2.45) is 0 Å². The fourth-order valence-electron chi connectivity index (χ4n) is 2.20. The number of fused-ring (bicyclic) bond motifs is 1. The van der Waals surface area contributed by atoms with Crippen molar-refractivity contribution in [3.63, 3.8) is 0 Å². The van der Waals surface area contributed by atoms with Crippen LogP contribution in [-0.4, -0.2) is 27.5 Å². The zero-order valence-corrected chi connectivity index (χ0v) is 14.0. The Morgan fingerprint density at radius 2 is 2.12 bits per heavy atom. The first kappa shape index (κ1) is 16.3. The number of aromatic nitrogens is 2. The van der Waals surface area contributed by atoms with Gasteiger partial charge in [-0.3, -0.25) is 9.78 Å². The van der Waals surface area contributed by atoms with Gasteiger partial charge in [-0.1, -0.05) is 12.1 Å². The molecule has 0 aliphatic heterocycles. The Morgan fingerprint density at radius 3 is 2.88 bits per heavy atom. The molecule has 0 saturated carbocycles. The second-order valence-corrected chi connectivity index (χ2v) is 6.40. The average molecular weight is 339 g/mol. The summed E-state index contributed by atoms with van der Waals surface area (Å²) in [5.41, 5.74) is 1.89. The van der Waals surface area contributed by atoms with Crippen molar-refractivity contribution in [1.82, 2.24) is 15.3 Å². The van der Waals surface area contributed by atoms with Crippen LogP contribution in [0.2, 0.25) is 0 Å². The largest absolute Gasteiger partial charge is 0.384 e. The lowest BCUT2D eigenvalue weighted by atomic mass is 9.99. The Labute approximate surface area is 143 Å². The van der Waals surface area contributed by atoms with E-state index >= 15 is 0 Å². The minimum absolute atomic E-state index is 0.135. The molecule has 2 aromatic heterocycles. The highest BCUT2D eigenvalue weighted by Gasteiger charge is 2.23. The number of hydrogen-bond acceptors (Lipinski definition) is 5. The topological polar surface area (TPSA) is 75.1 Å². The van der Waals surface area contributed by atoms with Gasteiger partial charge < -0.3 is 10.4 Å². The average Bonchev–Trinajstić information content (AvgIpc) is 3.13. The molecule has 1 unspecified atom stereocenters. The van der Waals surface area contributed by atoms with Gasteiger partial charge in [-0.05, 0) is 47.5 Å². The standard InChI is InChI=1S/C18H17N3O2S/c1-18(23,13-8-9-24-11-13)12-20-17(22)7-6-14-10-19-15-4-2-3-5-16(15)21-14/h2-11,23H,12H2,1H3,(H,20,22)/b7-6+. The van der Waals surface area contributed by atoms with E-state index in [9.17, 15) is 9.90 Å². The number of para-hydroxylation sites is 2. The molecule has 5 nitrogen and oxygen atoms in total. The van der Waals surface area contributed by atoms with Crippen molar-refractivity contribution < 1.29 is 9.90 Å². The number of amides is 1. The number of carbonyl (C=O) groups is 1. The maximum absolute atomic E-state index is 11.9. The number of nitrogens with one attached hydrogen (secondary N) is 1. The second kappa shape index (κ2) is 6.90. The summed E-state index contributed by atoms with van der Waals surface area (Å²) >= 11 is 1.51. The molecule has 2 N–H and O–H groups in total. The number of thiophene rings is 1. The summed E-state index contributed by atoms with van der Waals surface area (Å²) in [5.74, 6) is -0.291. The van der Waals surface area contributed by atoms with Gasteiger partial charge in [-0.25, -0.2) is 4.98 Å². The minimum atomic E-state index is -1.09. The molecular weight excluding hydrogens is 322 g/mol. The van der Waals surface area contributed by atoms with Crippen LogP contribution in [0.4, 0.5) is 0 Å². The summed E-state index contributed by atoms with van der Waals surface area (Å²) in [5, 5.41) is 16.8. The van der Waals surface area contributed by atoms with Gasteiger partial charge in [-0.2, -0.15) is 11.3 Å². The maximum atomic E-state index is 11.9. The van der Waals surface area contributed by atoms with Gasteiger partial charge in [0, 0.05) is 6.08 Å². The van der Waals surface area contributed by atoms with Crippen molar-refractivity contribution in [2.75, 3.05) is 6.54 Å². The van der Waals surface area contributed by atoms with E-state index in [1.165, 1.54) is 17.4 Å². The lowest BCUT2D eigenvalue weighted by Crippen LogP contribution is -2.37. The van der Waals surface area contributed by atoms with Gasteiger partial charge in [0.2, 0.25) is 5.91 Å². The molecule has 0 bridgehead atoms. The van der Waals surface area contributed by atoms with Crippen molar-refractivity contribution in [1.29, 1.82) is 0 Å². The predicted octanol–water partition coefficient (Wildman–Crippen LogP) is 2.73. The van der Waals surface area contributed by atoms with E-state index < -0.39 is 5.60 Å². The normalized spacial score (nSPS) is 13.9. The summed E-state index contributed by atoms with van der Waals surface area (Å²) in [6, 6.07) is 9.40. The third-order valence-electron chi connectivity index (χ3n) is 3.62. The van der Waals surface area contributed by atoms with Crippen LogP contribution in [-0.2, 0) is 10.4 Å². The zero-order valence-electron chi connectivity index (χ0n) is 13.1. The molecule has 1 amide bonds. The fraction of sp³-hybridized carbons (Fsp3) is 0.167. The summed E-state index contributed by atoms with van der Waals surface area (Å²) < 4.78 is 0. The van der Waals surface area contributed by atoms with E-state index in [4.69, 9.17) is 0 Å². The number of nitrogens with zero attached hydrogens (tertiary/aromatic N) is 2. The van der Waals surface area contributed by atoms with Gasteiger partial charge in [0.05, 0.1) is 29.5 Å². The first-order valence-corrected chi connectivity index (χ1v) is 8.42. The monoisotopic (exact) mass is 339 g/mol. The first-order valence-electron chi connectivity index (χ1n) is 7.47. The van der Waals surface area contributed by atoms with E-state index in [1.54, 1.807) is 19.2 Å². The number of rotatable bonds is 5. The van der Waals surface area contributed by atoms with Gasteiger partial charge in [-0.15, -0.1) is 0 Å². The molecule has 6 heteroatoms. The second-order valence-electron chi connectivity index (χ2n) is 5.62. The smallest absolute Gasteiger partial charge is 0.244 e. The van der Waals surface area contributed by atoms with Crippen LogP contribution in [0.5, 0.6) is 0 Å². The van der Waals surface area contributed by atoms with Crippen molar-refractivity contribution >= 4 is 34.4 Å². The summed E-state index contributed by atoms with van der Waals surface area (Å²) in [6.45, 7) is 1.81. The molecule has 3 rings (SSSR count). The van der Waals surface area contributed by atoms with Crippen molar-refractivity contribution in [3.8, 4) is 0 Å². The van der Waals surface area contributed by atoms with Crippen LogP contribution in [0.15, 0.2) is 53.4 Å². The molecule has 0 saturated heterocycles. The third-order valence-corrected chi connectivity index (χ3v) is 4.31. The van der Waals surface area contributed by atoms with Gasteiger partial charge in [0.1, 0.15) is 5.60 Å². The molecular formula is C18H17N3O2S. The SMILES string of the molecule is CC(O)(CNC(=O)/C=C/c1cnc2ccccc2n1)c1ccsc1. The van der Waals surface area contributed by atoms with Crippen LogP contribution in [0, 0.1) is 0 Å². The van der Waals surface area contributed by atoms with Crippen LogP contribution < -0.4 is 5.32 Å². The van der Waals surface area contributed by atoms with E-state index in [0.29, 0.717) is 5.69 Å². The first-order chi connectivity index (χ1) is 11.5. The molecule has 24 heavy (non-hydrogen) atoms. The molecule has 0 radical (unpaired) electrons. The molecule has 2 heterocycles. The van der Waals surface area contributed by atoms with Gasteiger partial charge >= 0.3 is 0 Å². The molecule has 1 atom stereocenters. The Hall–Kier alpha value is -2.57. The predicted molar refractivity (Wildman–Crippen MR) is 95.5 cm³/mol. The number of aliphatic hydroxyl groups is 1. The maximum Gasteiger partial charge on any atom is 0.244 e. The molecule has 0 aliphatic carbocycles. The molecule has 3 aromatic rings.